The van der Waals surface area contributed by atoms with Gasteiger partial charge in [0.1, 0.15) is 25.7 Å². The number of hydrogen-bond donors (Lipinski definition) is 0. The van der Waals surface area contributed by atoms with Crippen LogP contribution in [0, 0.1) is 38.2 Å². The van der Waals surface area contributed by atoms with E-state index in [0.717, 1.165) is 63.3 Å². The average molecular weight is 543 g/mol. The van der Waals surface area contributed by atoms with E-state index < -0.39 is 8.07 Å². The third-order valence-corrected chi connectivity index (χ3v) is 13.0. The summed E-state index contributed by atoms with van der Waals surface area (Å²) in [6.07, 6.45) is 6.09. The van der Waals surface area contributed by atoms with Crippen molar-refractivity contribution in [3.63, 3.8) is 0 Å². The van der Waals surface area contributed by atoms with Crippen molar-refractivity contribution in [3.05, 3.63) is 46.7 Å². The van der Waals surface area contributed by atoms with Crippen molar-refractivity contribution >= 4 is 30.6 Å². The molecule has 0 radical (unpaired) electrons. The highest BCUT2D eigenvalue weighted by atomic mass is 28.3. The molecule has 0 bridgehead atoms. The van der Waals surface area contributed by atoms with Gasteiger partial charge in [-0.3, -0.25) is 4.79 Å². The Morgan fingerprint density at radius 2 is 1.87 bits per heavy atom. The van der Waals surface area contributed by atoms with E-state index in [9.17, 15) is 4.79 Å². The molecule has 0 spiro atoms. The van der Waals surface area contributed by atoms with Crippen molar-refractivity contribution < 1.29 is 9.53 Å². The number of aromatic nitrogens is 4. The number of ether oxygens (including phenoxy) is 1. The molecule has 3 aromatic heterocycles. The number of rotatable bonds is 4. The molecule has 3 heterocycles. The third-order valence-electron chi connectivity index (χ3n) is 8.52. The molecule has 0 fully saturated rings. The van der Waals surface area contributed by atoms with Gasteiger partial charge in [-0.05, 0) is 69.2 Å². The van der Waals surface area contributed by atoms with Gasteiger partial charge in [-0.15, -0.1) is 5.54 Å². The first kappa shape index (κ1) is 28.8. The highest BCUT2D eigenvalue weighted by Crippen LogP contribution is 2.43. The van der Waals surface area contributed by atoms with Gasteiger partial charge >= 0.3 is 5.97 Å². The van der Waals surface area contributed by atoms with Gasteiger partial charge in [0, 0.05) is 29.3 Å². The van der Waals surface area contributed by atoms with E-state index in [4.69, 9.17) is 9.72 Å². The second-order valence-corrected chi connectivity index (χ2v) is 17.3. The standard InChI is InChI=1S/C32H42N4O2Si/c1-11-38-31(37)24-14-12-23(13-15-24)28-27-21(3)33-19-34-30(27)36(8)29(28)26-20(2)18-25(35-22(26)4)16-17-39(9,10)32(5,6)7/h12,18-19,24H,11,13-15H2,1-10H3. The molecule has 0 aliphatic heterocycles. The number of pyridine rings is 1. The summed E-state index contributed by atoms with van der Waals surface area (Å²) in [4.78, 5) is 26.6. The summed E-state index contributed by atoms with van der Waals surface area (Å²) >= 11 is 0. The minimum atomic E-state index is -1.75. The number of fused-ring (bicyclic) bond motifs is 1. The minimum absolute atomic E-state index is 0.0895. The molecule has 0 N–H and O–H groups in total. The van der Waals surface area contributed by atoms with E-state index in [2.05, 4.69) is 92.9 Å². The lowest BCUT2D eigenvalue weighted by molar-refractivity contribution is -0.148. The molecule has 0 amide bonds. The Hall–Kier alpha value is -3.24. The molecule has 1 unspecified atom stereocenters. The molecule has 1 aliphatic carbocycles. The van der Waals surface area contributed by atoms with Gasteiger partial charge in [0.05, 0.1) is 23.9 Å². The van der Waals surface area contributed by atoms with Crippen molar-refractivity contribution in [2.45, 2.75) is 85.9 Å². The third kappa shape index (κ3) is 5.45. The average Bonchev–Trinajstić information content (AvgIpc) is 3.15. The molecule has 0 saturated heterocycles. The lowest BCUT2D eigenvalue weighted by Gasteiger charge is -2.31. The molecule has 4 rings (SSSR count). The van der Waals surface area contributed by atoms with Crippen LogP contribution in [0.5, 0.6) is 0 Å². The van der Waals surface area contributed by atoms with Crippen molar-refractivity contribution in [1.29, 1.82) is 0 Å². The van der Waals surface area contributed by atoms with Crippen LogP contribution in [0.15, 0.2) is 18.5 Å². The van der Waals surface area contributed by atoms with E-state index >= 15 is 0 Å². The van der Waals surface area contributed by atoms with Gasteiger partial charge in [0.25, 0.3) is 0 Å². The Morgan fingerprint density at radius 1 is 1.15 bits per heavy atom. The van der Waals surface area contributed by atoms with Gasteiger partial charge in [-0.1, -0.05) is 45.9 Å². The fourth-order valence-corrected chi connectivity index (χ4v) is 6.02. The Morgan fingerprint density at radius 3 is 2.46 bits per heavy atom. The lowest BCUT2D eigenvalue weighted by Crippen LogP contribution is -2.35. The Kier molecular flexibility index (Phi) is 7.91. The van der Waals surface area contributed by atoms with Gasteiger partial charge in [0.2, 0.25) is 0 Å². The predicted octanol–water partition coefficient (Wildman–Crippen LogP) is 7.10. The quantitative estimate of drug-likeness (QED) is 0.200. The molecule has 206 valence electrons. The first-order valence-corrected chi connectivity index (χ1v) is 16.9. The van der Waals surface area contributed by atoms with E-state index in [1.54, 1.807) is 6.33 Å². The van der Waals surface area contributed by atoms with Crippen LogP contribution in [0.2, 0.25) is 18.1 Å². The maximum Gasteiger partial charge on any atom is 0.309 e. The zero-order chi connectivity index (χ0) is 28.7. The van der Waals surface area contributed by atoms with Gasteiger partial charge < -0.3 is 9.30 Å². The number of carbonyl (C=O) groups is 1. The van der Waals surface area contributed by atoms with Crippen LogP contribution in [-0.4, -0.2) is 40.2 Å². The van der Waals surface area contributed by atoms with Crippen molar-refractivity contribution in [2.75, 3.05) is 6.61 Å². The summed E-state index contributed by atoms with van der Waals surface area (Å²) in [7, 11) is 0.323. The van der Waals surface area contributed by atoms with Gasteiger partial charge in [-0.25, -0.2) is 15.0 Å². The van der Waals surface area contributed by atoms with Gasteiger partial charge in [-0.2, -0.15) is 0 Å². The zero-order valence-electron chi connectivity index (χ0n) is 25.2. The fourth-order valence-electron chi connectivity index (χ4n) is 5.20. The monoisotopic (exact) mass is 542 g/mol. The second kappa shape index (κ2) is 10.7. The number of hydrogen-bond acceptors (Lipinski definition) is 5. The van der Waals surface area contributed by atoms with E-state index in [1.165, 1.54) is 5.57 Å². The first-order valence-electron chi connectivity index (χ1n) is 13.9. The SMILES string of the molecule is CCOC(=O)C1CC=C(c2c(-c3c(C)cc(C#C[Si](C)(C)C(C)(C)C)nc3C)n(C)c3ncnc(C)c23)CC1. The van der Waals surface area contributed by atoms with Crippen LogP contribution >= 0.6 is 0 Å². The van der Waals surface area contributed by atoms with E-state index in [1.807, 2.05) is 13.8 Å². The van der Waals surface area contributed by atoms with Crippen LogP contribution in [-0.2, 0) is 16.6 Å². The molecule has 0 aromatic carbocycles. The van der Waals surface area contributed by atoms with Crippen molar-refractivity contribution in [2.24, 2.45) is 13.0 Å². The molecular weight excluding hydrogens is 500 g/mol. The zero-order valence-corrected chi connectivity index (χ0v) is 26.2. The fraction of sp³-hybridized carbons (Fsp3) is 0.500. The highest BCUT2D eigenvalue weighted by molar-refractivity contribution is 6.87. The largest absolute Gasteiger partial charge is 0.466 e. The van der Waals surface area contributed by atoms with E-state index in [-0.39, 0.29) is 16.9 Å². The summed E-state index contributed by atoms with van der Waals surface area (Å²) in [5.41, 5.74) is 13.0. The Balaban J connectivity index is 1.87. The van der Waals surface area contributed by atoms with E-state index in [0.29, 0.717) is 13.0 Å². The summed E-state index contributed by atoms with van der Waals surface area (Å²) in [6.45, 7) is 20.0. The second-order valence-electron chi connectivity index (χ2n) is 12.3. The Bertz CT molecular complexity index is 1510. The summed E-state index contributed by atoms with van der Waals surface area (Å²) < 4.78 is 7.48. The van der Waals surface area contributed by atoms with Crippen LogP contribution in [0.4, 0.5) is 0 Å². The Labute approximate surface area is 234 Å². The molecular formula is C32H42N4O2Si. The molecule has 7 heteroatoms. The number of nitrogens with zero attached hydrogens (tertiary/aromatic N) is 4. The molecule has 0 saturated carbocycles. The molecule has 6 nitrogen and oxygen atoms in total. The number of aryl methyl sites for hydroxylation is 4. The highest BCUT2D eigenvalue weighted by Gasteiger charge is 2.34. The summed E-state index contributed by atoms with van der Waals surface area (Å²) in [5.74, 6) is 3.23. The maximum atomic E-state index is 12.4. The maximum absolute atomic E-state index is 12.4. The van der Waals surface area contributed by atoms with Crippen LogP contribution < -0.4 is 0 Å². The summed E-state index contributed by atoms with van der Waals surface area (Å²) in [6, 6.07) is 2.12. The topological polar surface area (TPSA) is 69.9 Å². The molecule has 39 heavy (non-hydrogen) atoms. The molecule has 1 atom stereocenters. The van der Waals surface area contributed by atoms with Gasteiger partial charge in [0.15, 0.2) is 0 Å². The van der Waals surface area contributed by atoms with Crippen molar-refractivity contribution in [3.8, 4) is 22.7 Å². The van der Waals surface area contributed by atoms with Crippen LogP contribution in [0.3, 0.4) is 0 Å². The van der Waals surface area contributed by atoms with Crippen molar-refractivity contribution in [1.82, 2.24) is 19.5 Å². The van der Waals surface area contributed by atoms with Crippen LogP contribution in [0.25, 0.3) is 27.9 Å². The lowest BCUT2D eigenvalue weighted by atomic mass is 9.84. The molecule has 3 aromatic rings. The normalized spacial score (nSPS) is 16.1. The number of esters is 1. The minimum Gasteiger partial charge on any atom is -0.466 e. The number of carbonyl (C=O) groups excluding carboxylic acids is 1. The first-order chi connectivity index (χ1) is 18.3. The molecule has 1 aliphatic rings. The summed E-state index contributed by atoms with van der Waals surface area (Å²) in [5, 5.41) is 1.26. The van der Waals surface area contributed by atoms with Crippen LogP contribution in [0.1, 0.15) is 75.2 Å². The smallest absolute Gasteiger partial charge is 0.309 e. The number of allylic oxidation sites excluding steroid dienone is 2. The predicted molar refractivity (Wildman–Crippen MR) is 162 cm³/mol.